The molecule has 0 unspecified atom stereocenters. The molecule has 0 aliphatic heterocycles. The van der Waals surface area contributed by atoms with E-state index in [-0.39, 0.29) is 18.2 Å². The topological polar surface area (TPSA) is 26.0 Å². The molecule has 0 bridgehead atoms. The maximum Gasteiger partial charge on any atom is 0.124 e. The van der Waals surface area contributed by atoms with Gasteiger partial charge in [-0.05, 0) is 17.7 Å². The average Bonchev–Trinajstić information content (AvgIpc) is 1.88. The number of nitrogens with two attached hydrogens (primary N) is 1. The Morgan fingerprint density at radius 3 is 2.55 bits per heavy atom. The van der Waals surface area contributed by atoms with Crippen molar-refractivity contribution in [3.05, 3.63) is 34.6 Å². The minimum atomic E-state index is -0.331. The van der Waals surface area contributed by atoms with Crippen LogP contribution in [0.15, 0.2) is 18.2 Å². The summed E-state index contributed by atoms with van der Waals surface area (Å²) in [5, 5.41) is 0.391. The molecule has 11 heavy (non-hydrogen) atoms. The van der Waals surface area contributed by atoms with Crippen molar-refractivity contribution in [1.82, 2.24) is 0 Å². The van der Waals surface area contributed by atoms with Gasteiger partial charge in [-0.15, -0.1) is 12.4 Å². The van der Waals surface area contributed by atoms with Crippen LogP contribution in [0.2, 0.25) is 5.02 Å². The first-order chi connectivity index (χ1) is 4.74. The molecule has 0 aromatic heterocycles. The zero-order valence-corrected chi connectivity index (χ0v) is 7.25. The van der Waals surface area contributed by atoms with E-state index in [0.717, 1.165) is 5.56 Å². The van der Waals surface area contributed by atoms with Crippen molar-refractivity contribution in [2.45, 2.75) is 6.54 Å². The molecule has 0 spiro atoms. The van der Waals surface area contributed by atoms with Crippen molar-refractivity contribution >= 4 is 24.0 Å². The Kier molecular flexibility index (Phi) is 4.42. The Bertz CT molecular complexity index is 240. The highest BCUT2D eigenvalue weighted by Crippen LogP contribution is 2.15. The van der Waals surface area contributed by atoms with E-state index < -0.39 is 0 Å². The Morgan fingerprint density at radius 1 is 1.45 bits per heavy atom. The molecule has 0 aliphatic rings. The Hall–Kier alpha value is -0.310. The molecule has 1 nitrogen and oxygen atoms in total. The average molecular weight is 196 g/mol. The predicted octanol–water partition coefficient (Wildman–Crippen LogP) is 2.36. The minimum absolute atomic E-state index is 0. The van der Waals surface area contributed by atoms with Gasteiger partial charge in [-0.2, -0.15) is 0 Å². The first kappa shape index (κ1) is 10.7. The van der Waals surface area contributed by atoms with Crippen LogP contribution >= 0.6 is 24.0 Å². The summed E-state index contributed by atoms with van der Waals surface area (Å²) in [6.07, 6.45) is 0. The lowest BCUT2D eigenvalue weighted by molar-refractivity contribution is 0.627. The highest BCUT2D eigenvalue weighted by atomic mass is 35.5. The van der Waals surface area contributed by atoms with E-state index in [0.29, 0.717) is 11.6 Å². The van der Waals surface area contributed by atoms with Crippen LogP contribution in [0.1, 0.15) is 5.56 Å². The molecule has 0 heterocycles. The van der Waals surface area contributed by atoms with Crippen molar-refractivity contribution in [2.24, 2.45) is 5.73 Å². The summed E-state index contributed by atoms with van der Waals surface area (Å²) in [5.74, 6) is -0.331. The SMILES string of the molecule is Cl.NCc1ccc(F)cc1Cl. The molecule has 0 radical (unpaired) electrons. The maximum absolute atomic E-state index is 12.4. The fraction of sp³-hybridized carbons (Fsp3) is 0.143. The number of halogens is 3. The van der Waals surface area contributed by atoms with E-state index in [4.69, 9.17) is 17.3 Å². The summed E-state index contributed by atoms with van der Waals surface area (Å²) >= 11 is 5.61. The van der Waals surface area contributed by atoms with Crippen molar-refractivity contribution < 1.29 is 4.39 Å². The van der Waals surface area contributed by atoms with Gasteiger partial charge >= 0.3 is 0 Å². The molecule has 0 saturated heterocycles. The quantitative estimate of drug-likeness (QED) is 0.732. The van der Waals surface area contributed by atoms with Gasteiger partial charge in [0.2, 0.25) is 0 Å². The van der Waals surface area contributed by atoms with Crippen LogP contribution in [0.4, 0.5) is 4.39 Å². The smallest absolute Gasteiger partial charge is 0.124 e. The summed E-state index contributed by atoms with van der Waals surface area (Å²) in [7, 11) is 0. The number of benzene rings is 1. The molecular formula is C7H8Cl2FN. The molecule has 4 heteroatoms. The molecule has 1 aromatic carbocycles. The van der Waals surface area contributed by atoms with Gasteiger partial charge in [0.15, 0.2) is 0 Å². The lowest BCUT2D eigenvalue weighted by atomic mass is 10.2. The monoisotopic (exact) mass is 195 g/mol. The van der Waals surface area contributed by atoms with Gasteiger partial charge in [-0.25, -0.2) is 4.39 Å². The largest absolute Gasteiger partial charge is 0.326 e. The summed E-state index contributed by atoms with van der Waals surface area (Å²) < 4.78 is 12.4. The van der Waals surface area contributed by atoms with Gasteiger partial charge in [0, 0.05) is 11.6 Å². The first-order valence-corrected chi connectivity index (χ1v) is 3.26. The molecule has 0 aliphatic carbocycles. The lowest BCUT2D eigenvalue weighted by Crippen LogP contribution is -1.96. The van der Waals surface area contributed by atoms with E-state index in [2.05, 4.69) is 0 Å². The van der Waals surface area contributed by atoms with E-state index in [1.165, 1.54) is 12.1 Å². The van der Waals surface area contributed by atoms with Crippen LogP contribution in [-0.4, -0.2) is 0 Å². The summed E-state index contributed by atoms with van der Waals surface area (Å²) in [6.45, 7) is 0.346. The molecule has 0 amide bonds. The van der Waals surface area contributed by atoms with Gasteiger partial charge in [0.05, 0.1) is 0 Å². The van der Waals surface area contributed by atoms with E-state index in [9.17, 15) is 4.39 Å². The van der Waals surface area contributed by atoms with E-state index in [1.54, 1.807) is 6.07 Å². The van der Waals surface area contributed by atoms with Crippen LogP contribution < -0.4 is 5.73 Å². The number of hydrogen-bond donors (Lipinski definition) is 1. The van der Waals surface area contributed by atoms with Crippen LogP contribution in [0.25, 0.3) is 0 Å². The minimum Gasteiger partial charge on any atom is -0.326 e. The Morgan fingerprint density at radius 2 is 2.09 bits per heavy atom. The molecule has 0 atom stereocenters. The van der Waals surface area contributed by atoms with Gasteiger partial charge in [0.25, 0.3) is 0 Å². The van der Waals surface area contributed by atoms with Crippen LogP contribution in [0.3, 0.4) is 0 Å². The highest BCUT2D eigenvalue weighted by Gasteiger charge is 1.97. The lowest BCUT2D eigenvalue weighted by Gasteiger charge is -1.98. The third kappa shape index (κ3) is 2.66. The third-order valence-corrected chi connectivity index (χ3v) is 1.59. The van der Waals surface area contributed by atoms with Crippen molar-refractivity contribution in [1.29, 1.82) is 0 Å². The Labute approximate surface area is 75.8 Å². The fourth-order valence-corrected chi connectivity index (χ4v) is 0.932. The third-order valence-electron chi connectivity index (χ3n) is 1.24. The second-order valence-electron chi connectivity index (χ2n) is 1.94. The van der Waals surface area contributed by atoms with E-state index in [1.807, 2.05) is 0 Å². The van der Waals surface area contributed by atoms with Crippen LogP contribution in [-0.2, 0) is 6.54 Å². The predicted molar refractivity (Wildman–Crippen MR) is 46.5 cm³/mol. The highest BCUT2D eigenvalue weighted by molar-refractivity contribution is 6.31. The molecule has 0 fully saturated rings. The van der Waals surface area contributed by atoms with Gasteiger partial charge in [-0.1, -0.05) is 17.7 Å². The summed E-state index contributed by atoms with van der Waals surface area (Å²) in [6, 6.07) is 4.18. The summed E-state index contributed by atoms with van der Waals surface area (Å²) in [5.41, 5.74) is 6.06. The zero-order chi connectivity index (χ0) is 7.56. The molecule has 1 rings (SSSR count). The normalized spacial score (nSPS) is 9.00. The Balaban J connectivity index is 0.000001000. The van der Waals surface area contributed by atoms with Gasteiger partial charge in [-0.3, -0.25) is 0 Å². The molecular weight excluding hydrogens is 188 g/mol. The number of rotatable bonds is 1. The van der Waals surface area contributed by atoms with E-state index >= 15 is 0 Å². The van der Waals surface area contributed by atoms with Crippen LogP contribution in [0, 0.1) is 5.82 Å². The second-order valence-corrected chi connectivity index (χ2v) is 2.35. The fourth-order valence-electron chi connectivity index (χ4n) is 0.687. The standard InChI is InChI=1S/C7H7ClFN.ClH/c8-7-3-6(9)2-1-5(7)4-10;/h1-3H,4,10H2;1H. The molecule has 1 aromatic rings. The van der Waals surface area contributed by atoms with Gasteiger partial charge < -0.3 is 5.73 Å². The zero-order valence-electron chi connectivity index (χ0n) is 5.68. The summed E-state index contributed by atoms with van der Waals surface area (Å²) in [4.78, 5) is 0. The maximum atomic E-state index is 12.4. The molecule has 2 N–H and O–H groups in total. The van der Waals surface area contributed by atoms with Crippen molar-refractivity contribution in [2.75, 3.05) is 0 Å². The van der Waals surface area contributed by atoms with Gasteiger partial charge in [0.1, 0.15) is 5.82 Å². The number of hydrogen-bond acceptors (Lipinski definition) is 1. The van der Waals surface area contributed by atoms with Crippen molar-refractivity contribution in [3.8, 4) is 0 Å². The van der Waals surface area contributed by atoms with Crippen LogP contribution in [0.5, 0.6) is 0 Å². The molecule has 0 saturated carbocycles. The van der Waals surface area contributed by atoms with Crippen molar-refractivity contribution in [3.63, 3.8) is 0 Å². The second kappa shape index (κ2) is 4.54. The molecule has 62 valence electrons. The first-order valence-electron chi connectivity index (χ1n) is 2.88.